The normalized spacial score (nSPS) is 10.5. The Labute approximate surface area is 153 Å². The molecule has 4 rings (SSSR count). The second kappa shape index (κ2) is 7.09. The number of rotatable bonds is 5. The van der Waals surface area contributed by atoms with Crippen LogP contribution in [-0.2, 0) is 0 Å². The molecule has 0 saturated heterocycles. The van der Waals surface area contributed by atoms with Gasteiger partial charge in [-0.1, -0.05) is 24.3 Å². The average molecular weight is 359 g/mol. The lowest BCUT2D eigenvalue weighted by molar-refractivity contribution is 0.0697. The zero-order chi connectivity index (χ0) is 18.6. The predicted octanol–water partition coefficient (Wildman–Crippen LogP) is 4.29. The molecule has 0 bridgehead atoms. The van der Waals surface area contributed by atoms with Crippen LogP contribution >= 0.6 is 0 Å². The minimum absolute atomic E-state index is 0.140. The second-order valence-corrected chi connectivity index (χ2v) is 5.57. The maximum Gasteiger partial charge on any atom is 0.335 e. The molecule has 0 radical (unpaired) electrons. The number of carboxylic acid groups (broad SMARTS) is 1. The van der Waals surface area contributed by atoms with Gasteiger partial charge in [0.2, 0.25) is 11.8 Å². The number of para-hydroxylation sites is 1. The fourth-order valence-electron chi connectivity index (χ4n) is 2.47. The Hall–Kier alpha value is -4.00. The molecule has 7 heteroatoms. The van der Waals surface area contributed by atoms with E-state index in [2.05, 4.69) is 15.2 Å². The van der Waals surface area contributed by atoms with Gasteiger partial charge in [0, 0.05) is 11.8 Å². The molecule has 0 atom stereocenters. The highest BCUT2D eigenvalue weighted by Crippen LogP contribution is 2.32. The van der Waals surface area contributed by atoms with E-state index < -0.39 is 5.97 Å². The van der Waals surface area contributed by atoms with Crippen molar-refractivity contribution in [1.29, 1.82) is 0 Å². The van der Waals surface area contributed by atoms with Crippen LogP contribution in [0.5, 0.6) is 11.6 Å². The first kappa shape index (κ1) is 16.5. The molecule has 0 unspecified atom stereocenters. The van der Waals surface area contributed by atoms with Crippen molar-refractivity contribution in [3.8, 4) is 34.5 Å². The Morgan fingerprint density at radius 2 is 1.74 bits per heavy atom. The summed E-state index contributed by atoms with van der Waals surface area (Å²) < 4.78 is 11.5. The van der Waals surface area contributed by atoms with Crippen LogP contribution in [0.4, 0.5) is 0 Å². The number of aromatic nitrogens is 3. The quantitative estimate of drug-likeness (QED) is 0.567. The van der Waals surface area contributed by atoms with Crippen LogP contribution < -0.4 is 4.74 Å². The number of carbonyl (C=O) groups is 1. The molecular weight excluding hydrogens is 346 g/mol. The van der Waals surface area contributed by atoms with Gasteiger partial charge in [-0.25, -0.2) is 9.78 Å². The van der Waals surface area contributed by atoms with E-state index in [1.165, 1.54) is 12.1 Å². The summed E-state index contributed by atoms with van der Waals surface area (Å²) >= 11 is 0. The summed E-state index contributed by atoms with van der Waals surface area (Å²) in [5, 5.41) is 17.2. The van der Waals surface area contributed by atoms with Gasteiger partial charge in [-0.2, -0.15) is 0 Å². The van der Waals surface area contributed by atoms with Gasteiger partial charge in [0.1, 0.15) is 11.3 Å². The summed E-state index contributed by atoms with van der Waals surface area (Å²) in [4.78, 5) is 15.4. The smallest absolute Gasteiger partial charge is 0.335 e. The van der Waals surface area contributed by atoms with Crippen LogP contribution in [0, 0.1) is 0 Å². The highest BCUT2D eigenvalue weighted by atomic mass is 16.5. The molecular formula is C20H13N3O4. The Balaban J connectivity index is 1.68. The van der Waals surface area contributed by atoms with Crippen LogP contribution in [0.3, 0.4) is 0 Å². The van der Waals surface area contributed by atoms with Crippen LogP contribution in [0.25, 0.3) is 22.9 Å². The summed E-state index contributed by atoms with van der Waals surface area (Å²) in [6.45, 7) is 0. The van der Waals surface area contributed by atoms with Gasteiger partial charge in [0.25, 0.3) is 5.89 Å². The van der Waals surface area contributed by atoms with Crippen molar-refractivity contribution in [3.63, 3.8) is 0 Å². The van der Waals surface area contributed by atoms with Gasteiger partial charge in [0.15, 0.2) is 0 Å². The summed E-state index contributed by atoms with van der Waals surface area (Å²) in [5.74, 6) is 0.374. The molecule has 0 saturated carbocycles. The van der Waals surface area contributed by atoms with Crippen LogP contribution in [-0.4, -0.2) is 26.3 Å². The Morgan fingerprint density at radius 1 is 0.926 bits per heavy atom. The molecule has 0 spiro atoms. The minimum atomic E-state index is -1.03. The highest BCUT2D eigenvalue weighted by Gasteiger charge is 2.17. The third-order valence-electron chi connectivity index (χ3n) is 3.74. The lowest BCUT2D eigenvalue weighted by Crippen LogP contribution is -1.95. The predicted molar refractivity (Wildman–Crippen MR) is 96.4 cm³/mol. The number of benzene rings is 2. The van der Waals surface area contributed by atoms with E-state index in [1.54, 1.807) is 30.5 Å². The van der Waals surface area contributed by atoms with Crippen molar-refractivity contribution in [3.05, 3.63) is 78.5 Å². The summed E-state index contributed by atoms with van der Waals surface area (Å²) in [6, 6.07) is 19.0. The number of pyridine rings is 1. The summed E-state index contributed by atoms with van der Waals surface area (Å²) in [6.07, 6.45) is 1.61. The molecule has 2 aromatic carbocycles. The number of carboxylic acids is 1. The van der Waals surface area contributed by atoms with Crippen molar-refractivity contribution in [2.24, 2.45) is 0 Å². The zero-order valence-corrected chi connectivity index (χ0v) is 13.9. The standard InChI is InChI=1S/C20H13N3O4/c24-20(25)14-7-4-6-13(12-14)17-22-23-19(27-17)16-10-5-11-21-18(16)26-15-8-2-1-3-9-15/h1-12H,(H,24,25). The fourth-order valence-corrected chi connectivity index (χ4v) is 2.47. The third kappa shape index (κ3) is 3.52. The van der Waals surface area contributed by atoms with Crippen LogP contribution in [0.2, 0.25) is 0 Å². The fraction of sp³-hybridized carbons (Fsp3) is 0. The van der Waals surface area contributed by atoms with E-state index in [9.17, 15) is 4.79 Å². The van der Waals surface area contributed by atoms with Crippen molar-refractivity contribution in [2.75, 3.05) is 0 Å². The zero-order valence-electron chi connectivity index (χ0n) is 13.9. The number of hydrogen-bond acceptors (Lipinski definition) is 6. The van der Waals surface area contributed by atoms with E-state index >= 15 is 0 Å². The van der Waals surface area contributed by atoms with Gasteiger partial charge in [-0.05, 0) is 42.5 Å². The molecule has 2 aromatic heterocycles. The summed E-state index contributed by atoms with van der Waals surface area (Å²) in [5.41, 5.74) is 1.19. The molecule has 0 aliphatic heterocycles. The second-order valence-electron chi connectivity index (χ2n) is 5.57. The molecule has 132 valence electrons. The monoisotopic (exact) mass is 359 g/mol. The van der Waals surface area contributed by atoms with Crippen molar-refractivity contribution in [2.45, 2.75) is 0 Å². The number of ether oxygens (including phenoxy) is 1. The van der Waals surface area contributed by atoms with Gasteiger partial charge in [-0.15, -0.1) is 10.2 Å². The van der Waals surface area contributed by atoms with Gasteiger partial charge < -0.3 is 14.3 Å². The lowest BCUT2D eigenvalue weighted by Gasteiger charge is -2.07. The van der Waals surface area contributed by atoms with E-state index in [0.717, 1.165) is 0 Å². The van der Waals surface area contributed by atoms with Crippen LogP contribution in [0.1, 0.15) is 10.4 Å². The summed E-state index contributed by atoms with van der Waals surface area (Å²) in [7, 11) is 0. The lowest BCUT2D eigenvalue weighted by atomic mass is 10.1. The number of hydrogen-bond donors (Lipinski definition) is 1. The first-order valence-electron chi connectivity index (χ1n) is 8.06. The van der Waals surface area contributed by atoms with Gasteiger partial charge in [-0.3, -0.25) is 0 Å². The van der Waals surface area contributed by atoms with Crippen molar-refractivity contribution in [1.82, 2.24) is 15.2 Å². The molecule has 27 heavy (non-hydrogen) atoms. The molecule has 0 amide bonds. The number of nitrogens with zero attached hydrogens (tertiary/aromatic N) is 3. The van der Waals surface area contributed by atoms with E-state index in [0.29, 0.717) is 22.8 Å². The molecule has 0 aliphatic rings. The van der Waals surface area contributed by atoms with Gasteiger partial charge in [0.05, 0.1) is 5.56 Å². The molecule has 4 aromatic rings. The molecule has 2 heterocycles. The Bertz CT molecular complexity index is 1090. The minimum Gasteiger partial charge on any atom is -0.478 e. The maximum absolute atomic E-state index is 11.1. The first-order valence-corrected chi connectivity index (χ1v) is 8.06. The van der Waals surface area contributed by atoms with Gasteiger partial charge >= 0.3 is 5.97 Å². The van der Waals surface area contributed by atoms with E-state index in [1.807, 2.05) is 30.3 Å². The third-order valence-corrected chi connectivity index (χ3v) is 3.74. The first-order chi connectivity index (χ1) is 13.2. The van der Waals surface area contributed by atoms with Crippen molar-refractivity contribution < 1.29 is 19.1 Å². The molecule has 7 nitrogen and oxygen atoms in total. The molecule has 1 N–H and O–H groups in total. The van der Waals surface area contributed by atoms with E-state index in [4.69, 9.17) is 14.3 Å². The molecule has 0 aliphatic carbocycles. The maximum atomic E-state index is 11.1. The highest BCUT2D eigenvalue weighted by molar-refractivity contribution is 5.89. The Kier molecular flexibility index (Phi) is 4.32. The van der Waals surface area contributed by atoms with E-state index in [-0.39, 0.29) is 17.3 Å². The molecule has 0 fully saturated rings. The van der Waals surface area contributed by atoms with Crippen molar-refractivity contribution >= 4 is 5.97 Å². The van der Waals surface area contributed by atoms with Crippen LogP contribution in [0.15, 0.2) is 77.3 Å². The number of aromatic carboxylic acids is 1. The largest absolute Gasteiger partial charge is 0.478 e. The Morgan fingerprint density at radius 3 is 2.56 bits per heavy atom. The topological polar surface area (TPSA) is 98.3 Å². The average Bonchev–Trinajstić information content (AvgIpc) is 3.19. The SMILES string of the molecule is O=C(O)c1cccc(-c2nnc(-c3cccnc3Oc3ccccc3)o2)c1.